The number of rotatable bonds is 4. The summed E-state index contributed by atoms with van der Waals surface area (Å²) in [6.45, 7) is 2.06. The van der Waals surface area contributed by atoms with Gasteiger partial charge in [-0.1, -0.05) is 12.1 Å². The van der Waals surface area contributed by atoms with Crippen LogP contribution in [0.2, 0.25) is 0 Å². The zero-order chi connectivity index (χ0) is 13.0. The van der Waals surface area contributed by atoms with Crippen LogP contribution in [0.25, 0.3) is 0 Å². The third-order valence-corrected chi connectivity index (χ3v) is 2.52. The predicted molar refractivity (Wildman–Crippen MR) is 62.8 cm³/mol. The monoisotopic (exact) mass is 251 g/mol. The van der Waals surface area contributed by atoms with Crippen LogP contribution in [0.15, 0.2) is 36.0 Å². The van der Waals surface area contributed by atoms with E-state index in [1.54, 1.807) is 25.1 Å². The minimum atomic E-state index is -0.431. The topological polar surface area (TPSA) is 47.6 Å². The Morgan fingerprint density at radius 1 is 1.44 bits per heavy atom. The van der Waals surface area contributed by atoms with Crippen LogP contribution in [0.3, 0.4) is 0 Å². The number of hydroxylamine groups is 1. The van der Waals surface area contributed by atoms with Crippen molar-refractivity contribution in [3.63, 3.8) is 0 Å². The molecule has 0 fully saturated rings. The van der Waals surface area contributed by atoms with Crippen molar-refractivity contribution in [2.75, 3.05) is 6.61 Å². The highest BCUT2D eigenvalue weighted by molar-refractivity contribution is 5.87. The van der Waals surface area contributed by atoms with Crippen molar-refractivity contribution in [3.8, 4) is 0 Å². The lowest BCUT2D eigenvalue weighted by atomic mass is 10.1. The molecule has 2 rings (SSSR count). The van der Waals surface area contributed by atoms with Gasteiger partial charge in [-0.2, -0.15) is 0 Å². The molecule has 1 aliphatic rings. The number of carbonyl (C=O) groups excluding carboxylic acids is 1. The van der Waals surface area contributed by atoms with Crippen LogP contribution in [0.1, 0.15) is 12.5 Å². The Labute approximate surface area is 104 Å². The van der Waals surface area contributed by atoms with E-state index in [0.717, 1.165) is 5.56 Å². The summed E-state index contributed by atoms with van der Waals surface area (Å²) in [6, 6.07) is 6.17. The molecule has 1 aromatic carbocycles. The highest BCUT2D eigenvalue weighted by Crippen LogP contribution is 2.14. The quantitative estimate of drug-likeness (QED) is 0.828. The average molecular weight is 251 g/mol. The van der Waals surface area contributed by atoms with E-state index < -0.39 is 5.97 Å². The maximum Gasteiger partial charge on any atom is 0.356 e. The van der Waals surface area contributed by atoms with Crippen molar-refractivity contribution in [3.05, 3.63) is 47.4 Å². The average Bonchev–Trinajstić information content (AvgIpc) is 2.81. The molecule has 0 saturated heterocycles. The van der Waals surface area contributed by atoms with E-state index in [4.69, 9.17) is 9.57 Å². The minimum absolute atomic E-state index is 0.255. The van der Waals surface area contributed by atoms with Gasteiger partial charge in [0.2, 0.25) is 0 Å². The van der Waals surface area contributed by atoms with E-state index in [9.17, 15) is 9.18 Å². The van der Waals surface area contributed by atoms with Crippen molar-refractivity contribution in [1.82, 2.24) is 5.48 Å². The molecule has 0 aromatic heterocycles. The first-order valence-corrected chi connectivity index (χ1v) is 5.74. The Balaban J connectivity index is 1.96. The lowest BCUT2D eigenvalue weighted by Gasteiger charge is -2.07. The SMILES string of the molecule is CCOC(=O)C1=CC(Cc2ccc(F)cc2)ON1. The van der Waals surface area contributed by atoms with Crippen LogP contribution in [-0.4, -0.2) is 18.7 Å². The summed E-state index contributed by atoms with van der Waals surface area (Å²) in [4.78, 5) is 16.6. The van der Waals surface area contributed by atoms with Gasteiger partial charge in [-0.25, -0.2) is 9.18 Å². The number of hydrogen-bond donors (Lipinski definition) is 1. The van der Waals surface area contributed by atoms with Gasteiger partial charge in [0, 0.05) is 6.42 Å². The van der Waals surface area contributed by atoms with Gasteiger partial charge in [0.25, 0.3) is 0 Å². The molecule has 1 atom stereocenters. The van der Waals surface area contributed by atoms with Crippen LogP contribution < -0.4 is 5.48 Å². The van der Waals surface area contributed by atoms with Gasteiger partial charge in [-0.3, -0.25) is 10.3 Å². The molecular formula is C13H14FNO3. The van der Waals surface area contributed by atoms with Gasteiger partial charge in [0.15, 0.2) is 0 Å². The van der Waals surface area contributed by atoms with Crippen molar-refractivity contribution >= 4 is 5.97 Å². The number of hydrogen-bond acceptors (Lipinski definition) is 4. The number of carbonyl (C=O) groups is 1. The zero-order valence-electron chi connectivity index (χ0n) is 9.98. The Bertz CT molecular complexity index is 456. The molecule has 1 aromatic rings. The van der Waals surface area contributed by atoms with Crippen LogP contribution >= 0.6 is 0 Å². The second kappa shape index (κ2) is 5.64. The molecule has 1 aliphatic heterocycles. The number of esters is 1. The summed E-state index contributed by atoms with van der Waals surface area (Å²) in [5, 5.41) is 0. The van der Waals surface area contributed by atoms with Gasteiger partial charge in [-0.05, 0) is 30.7 Å². The molecule has 1 unspecified atom stereocenters. The Morgan fingerprint density at radius 2 is 2.17 bits per heavy atom. The smallest absolute Gasteiger partial charge is 0.356 e. The number of benzene rings is 1. The van der Waals surface area contributed by atoms with Gasteiger partial charge in [-0.15, -0.1) is 0 Å². The van der Waals surface area contributed by atoms with Crippen molar-refractivity contribution in [2.24, 2.45) is 0 Å². The molecule has 5 heteroatoms. The summed E-state index contributed by atoms with van der Waals surface area (Å²) < 4.78 is 17.6. The fraction of sp³-hybridized carbons (Fsp3) is 0.308. The Morgan fingerprint density at radius 3 is 2.83 bits per heavy atom. The van der Waals surface area contributed by atoms with Crippen molar-refractivity contribution in [2.45, 2.75) is 19.4 Å². The molecule has 96 valence electrons. The number of halogens is 1. The lowest BCUT2D eigenvalue weighted by Crippen LogP contribution is -2.19. The van der Waals surface area contributed by atoms with Gasteiger partial charge < -0.3 is 4.74 Å². The predicted octanol–water partition coefficient (Wildman–Crippen LogP) is 1.72. The fourth-order valence-electron chi connectivity index (χ4n) is 1.67. The lowest BCUT2D eigenvalue weighted by molar-refractivity contribution is -0.140. The first-order valence-electron chi connectivity index (χ1n) is 5.74. The Hall–Kier alpha value is -1.88. The van der Waals surface area contributed by atoms with Crippen LogP contribution in [0.4, 0.5) is 4.39 Å². The molecule has 0 radical (unpaired) electrons. The molecule has 1 heterocycles. The van der Waals surface area contributed by atoms with Crippen LogP contribution in [0.5, 0.6) is 0 Å². The molecule has 4 nitrogen and oxygen atoms in total. The van der Waals surface area contributed by atoms with Gasteiger partial charge in [0.1, 0.15) is 17.6 Å². The summed E-state index contributed by atoms with van der Waals surface area (Å²) in [6.07, 6.45) is 1.98. The van der Waals surface area contributed by atoms with Crippen molar-refractivity contribution in [1.29, 1.82) is 0 Å². The minimum Gasteiger partial charge on any atom is -0.461 e. The maximum atomic E-state index is 12.7. The van der Waals surface area contributed by atoms with Crippen LogP contribution in [0, 0.1) is 5.82 Å². The summed E-state index contributed by atoms with van der Waals surface area (Å²) in [5.74, 6) is -0.703. The molecule has 0 bridgehead atoms. The largest absolute Gasteiger partial charge is 0.461 e. The van der Waals surface area contributed by atoms with Crippen molar-refractivity contribution < 1.29 is 18.8 Å². The molecular weight excluding hydrogens is 237 g/mol. The first-order chi connectivity index (χ1) is 8.69. The number of nitrogens with one attached hydrogen (secondary N) is 1. The standard InChI is InChI=1S/C13H14FNO3/c1-2-17-13(16)12-8-11(18-15-12)7-9-3-5-10(14)6-4-9/h3-6,8,11,15H,2,7H2,1H3. The first kappa shape index (κ1) is 12.6. The number of ether oxygens (including phenoxy) is 1. The summed E-state index contributed by atoms with van der Waals surface area (Å²) >= 11 is 0. The normalized spacial score (nSPS) is 18.1. The third kappa shape index (κ3) is 3.07. The second-order valence-electron chi connectivity index (χ2n) is 3.89. The highest BCUT2D eigenvalue weighted by Gasteiger charge is 2.22. The molecule has 0 aliphatic carbocycles. The molecule has 0 saturated carbocycles. The summed E-state index contributed by atoms with van der Waals surface area (Å²) in [5.41, 5.74) is 3.78. The van der Waals surface area contributed by atoms with E-state index in [0.29, 0.717) is 18.7 Å². The van der Waals surface area contributed by atoms with Crippen LogP contribution in [-0.2, 0) is 20.8 Å². The molecule has 0 spiro atoms. The molecule has 18 heavy (non-hydrogen) atoms. The van der Waals surface area contributed by atoms with E-state index in [-0.39, 0.29) is 11.9 Å². The van der Waals surface area contributed by atoms with E-state index in [1.807, 2.05) is 0 Å². The third-order valence-electron chi connectivity index (χ3n) is 2.52. The Kier molecular flexibility index (Phi) is 3.94. The highest BCUT2D eigenvalue weighted by atomic mass is 19.1. The second-order valence-corrected chi connectivity index (χ2v) is 3.89. The fourth-order valence-corrected chi connectivity index (χ4v) is 1.67. The zero-order valence-corrected chi connectivity index (χ0v) is 9.98. The maximum absolute atomic E-state index is 12.7. The molecule has 1 N–H and O–H groups in total. The van der Waals surface area contributed by atoms with Gasteiger partial charge >= 0.3 is 5.97 Å². The van der Waals surface area contributed by atoms with E-state index in [1.165, 1.54) is 12.1 Å². The van der Waals surface area contributed by atoms with E-state index in [2.05, 4.69) is 5.48 Å². The molecule has 0 amide bonds. The van der Waals surface area contributed by atoms with Gasteiger partial charge in [0.05, 0.1) is 6.61 Å². The van der Waals surface area contributed by atoms with E-state index >= 15 is 0 Å². The summed E-state index contributed by atoms with van der Waals surface area (Å²) in [7, 11) is 0.